The molecule has 0 saturated heterocycles. The number of halogens is 5. The number of anilines is 1. The van der Waals surface area contributed by atoms with Gasteiger partial charge in [0.25, 0.3) is 0 Å². The van der Waals surface area contributed by atoms with Crippen LogP contribution in [0.25, 0.3) is 0 Å². The van der Waals surface area contributed by atoms with Crippen LogP contribution in [0.2, 0.25) is 25.1 Å². The van der Waals surface area contributed by atoms with E-state index >= 15 is 0 Å². The summed E-state index contributed by atoms with van der Waals surface area (Å²) >= 11 is 30.9. The maximum atomic E-state index is 6.36. The van der Waals surface area contributed by atoms with Gasteiger partial charge in [-0.1, -0.05) is 76.2 Å². The van der Waals surface area contributed by atoms with Gasteiger partial charge in [-0.15, -0.1) is 0 Å². The van der Waals surface area contributed by atoms with Gasteiger partial charge in [-0.05, 0) is 42.0 Å². The molecule has 7 heteroatoms. The standard InChI is InChI=1S/C20H14Cl5NO/c21-14-6-5-13(16(23)9-14)11-27-20-17(24)7-12(8-18(20)25)10-26-19-4-2-1-3-15(19)22/h1-9,26H,10-11H2. The van der Waals surface area contributed by atoms with Crippen molar-refractivity contribution < 1.29 is 4.74 Å². The van der Waals surface area contributed by atoms with Crippen LogP contribution >= 0.6 is 58.0 Å². The van der Waals surface area contributed by atoms with Crippen molar-refractivity contribution >= 4 is 63.7 Å². The van der Waals surface area contributed by atoms with E-state index in [9.17, 15) is 0 Å². The maximum Gasteiger partial charge on any atom is 0.156 e. The molecule has 0 aliphatic rings. The largest absolute Gasteiger partial charge is 0.486 e. The lowest BCUT2D eigenvalue weighted by molar-refractivity contribution is 0.306. The third-order valence-corrected chi connectivity index (χ3v) is 5.28. The average Bonchev–Trinajstić information content (AvgIpc) is 2.62. The monoisotopic (exact) mass is 459 g/mol. The van der Waals surface area contributed by atoms with Crippen molar-refractivity contribution in [1.82, 2.24) is 0 Å². The molecule has 0 heterocycles. The third kappa shape index (κ3) is 5.37. The molecule has 0 spiro atoms. The predicted molar refractivity (Wildman–Crippen MR) is 116 cm³/mol. The number of hydrogen-bond donors (Lipinski definition) is 1. The van der Waals surface area contributed by atoms with Crippen LogP contribution in [-0.4, -0.2) is 0 Å². The Balaban J connectivity index is 1.70. The highest BCUT2D eigenvalue weighted by molar-refractivity contribution is 6.37. The molecule has 0 fully saturated rings. The van der Waals surface area contributed by atoms with Crippen LogP contribution in [0.5, 0.6) is 5.75 Å². The van der Waals surface area contributed by atoms with Gasteiger partial charge in [0.2, 0.25) is 0 Å². The summed E-state index contributed by atoms with van der Waals surface area (Å²) in [4.78, 5) is 0. The van der Waals surface area contributed by atoms with Crippen LogP contribution in [0.4, 0.5) is 5.69 Å². The zero-order valence-corrected chi connectivity index (χ0v) is 17.7. The predicted octanol–water partition coefficient (Wildman–Crippen LogP) is 8.14. The number of benzene rings is 3. The van der Waals surface area contributed by atoms with Crippen LogP contribution < -0.4 is 10.1 Å². The smallest absolute Gasteiger partial charge is 0.156 e. The first-order valence-electron chi connectivity index (χ1n) is 7.97. The van der Waals surface area contributed by atoms with E-state index in [-0.39, 0.29) is 6.61 Å². The lowest BCUT2D eigenvalue weighted by atomic mass is 10.2. The first kappa shape index (κ1) is 20.4. The molecule has 0 aliphatic carbocycles. The molecule has 0 aromatic heterocycles. The number of nitrogens with one attached hydrogen (secondary N) is 1. The molecule has 27 heavy (non-hydrogen) atoms. The minimum absolute atomic E-state index is 0.229. The SMILES string of the molecule is Clc1ccc(COc2c(Cl)cc(CNc3ccccc3Cl)cc2Cl)c(Cl)c1. The summed E-state index contributed by atoms with van der Waals surface area (Å²) < 4.78 is 5.78. The van der Waals surface area contributed by atoms with Gasteiger partial charge in [0.1, 0.15) is 6.61 Å². The van der Waals surface area contributed by atoms with Crippen LogP contribution in [0.15, 0.2) is 54.6 Å². The summed E-state index contributed by atoms with van der Waals surface area (Å²) in [6.07, 6.45) is 0. The number of rotatable bonds is 6. The van der Waals surface area contributed by atoms with Gasteiger partial charge in [0.05, 0.1) is 20.8 Å². The molecule has 0 radical (unpaired) electrons. The highest BCUT2D eigenvalue weighted by Gasteiger charge is 2.12. The summed E-state index contributed by atoms with van der Waals surface area (Å²) in [5, 5.41) is 5.83. The van der Waals surface area contributed by atoms with Crippen LogP contribution in [0.3, 0.4) is 0 Å². The normalized spacial score (nSPS) is 10.7. The molecular formula is C20H14Cl5NO. The molecule has 3 aromatic carbocycles. The second-order valence-corrected chi connectivity index (χ2v) is 7.81. The molecule has 0 unspecified atom stereocenters. The Morgan fingerprint density at radius 2 is 1.44 bits per heavy atom. The molecule has 140 valence electrons. The van der Waals surface area contributed by atoms with Gasteiger partial charge in [0, 0.05) is 22.2 Å². The summed E-state index contributed by atoms with van der Waals surface area (Å²) in [5.41, 5.74) is 2.53. The first-order valence-corrected chi connectivity index (χ1v) is 9.86. The molecule has 2 nitrogen and oxygen atoms in total. The van der Waals surface area contributed by atoms with Crippen molar-refractivity contribution in [1.29, 1.82) is 0 Å². The Morgan fingerprint density at radius 3 is 2.11 bits per heavy atom. The lowest BCUT2D eigenvalue weighted by Crippen LogP contribution is -2.02. The molecule has 0 saturated carbocycles. The number of para-hydroxylation sites is 1. The third-order valence-electron chi connectivity index (χ3n) is 3.80. The highest BCUT2D eigenvalue weighted by atomic mass is 35.5. The molecule has 1 N–H and O–H groups in total. The molecular weight excluding hydrogens is 447 g/mol. The van der Waals surface area contributed by atoms with Crippen LogP contribution in [0.1, 0.15) is 11.1 Å². The Bertz CT molecular complexity index is 938. The van der Waals surface area contributed by atoms with E-state index in [2.05, 4.69) is 5.32 Å². The van der Waals surface area contributed by atoms with Gasteiger partial charge in [-0.3, -0.25) is 0 Å². The van der Waals surface area contributed by atoms with Crippen molar-refractivity contribution in [3.63, 3.8) is 0 Å². The molecule has 0 atom stereocenters. The zero-order valence-electron chi connectivity index (χ0n) is 13.9. The lowest BCUT2D eigenvalue weighted by Gasteiger charge is -2.14. The highest BCUT2D eigenvalue weighted by Crippen LogP contribution is 2.36. The fourth-order valence-electron chi connectivity index (χ4n) is 2.44. The average molecular weight is 462 g/mol. The topological polar surface area (TPSA) is 21.3 Å². The Kier molecular flexibility index (Phi) is 7.02. The van der Waals surface area contributed by atoms with Crippen molar-refractivity contribution in [3.8, 4) is 5.75 Å². The van der Waals surface area contributed by atoms with E-state index in [1.165, 1.54) is 0 Å². The summed E-state index contributed by atoms with van der Waals surface area (Å²) in [6, 6.07) is 16.3. The minimum Gasteiger partial charge on any atom is -0.486 e. The second-order valence-electron chi connectivity index (χ2n) is 5.75. The van der Waals surface area contributed by atoms with Crippen molar-refractivity contribution in [2.75, 3.05) is 5.32 Å². The van der Waals surface area contributed by atoms with E-state index in [0.29, 0.717) is 37.4 Å². The van der Waals surface area contributed by atoms with E-state index in [1.54, 1.807) is 30.3 Å². The van der Waals surface area contributed by atoms with Crippen molar-refractivity contribution in [3.05, 3.63) is 90.8 Å². The summed E-state index contributed by atoms with van der Waals surface area (Å²) in [6.45, 7) is 0.749. The van der Waals surface area contributed by atoms with Gasteiger partial charge in [0.15, 0.2) is 5.75 Å². The van der Waals surface area contributed by atoms with Crippen molar-refractivity contribution in [2.24, 2.45) is 0 Å². The van der Waals surface area contributed by atoms with E-state index < -0.39 is 0 Å². The Hall–Kier alpha value is -1.29. The van der Waals surface area contributed by atoms with E-state index in [4.69, 9.17) is 62.7 Å². The van der Waals surface area contributed by atoms with Gasteiger partial charge < -0.3 is 10.1 Å². The zero-order chi connectivity index (χ0) is 19.4. The molecule has 3 aromatic rings. The maximum absolute atomic E-state index is 6.36. The quantitative estimate of drug-likeness (QED) is 0.400. The number of ether oxygens (including phenoxy) is 1. The summed E-state index contributed by atoms with van der Waals surface area (Å²) in [7, 11) is 0. The molecule has 3 rings (SSSR count). The fourth-order valence-corrected chi connectivity index (χ4v) is 3.75. The number of hydrogen-bond acceptors (Lipinski definition) is 2. The van der Waals surface area contributed by atoms with Crippen LogP contribution in [-0.2, 0) is 13.2 Å². The molecule has 0 aliphatic heterocycles. The molecule has 0 bridgehead atoms. The van der Waals surface area contributed by atoms with E-state index in [1.807, 2.05) is 24.3 Å². The van der Waals surface area contributed by atoms with Gasteiger partial charge in [-0.25, -0.2) is 0 Å². The van der Waals surface area contributed by atoms with E-state index in [0.717, 1.165) is 16.8 Å². The fraction of sp³-hybridized carbons (Fsp3) is 0.100. The first-order chi connectivity index (χ1) is 12.9. The summed E-state index contributed by atoms with van der Waals surface area (Å²) in [5.74, 6) is 0.408. The van der Waals surface area contributed by atoms with Crippen LogP contribution in [0, 0.1) is 0 Å². The molecule has 0 amide bonds. The second kappa shape index (κ2) is 9.27. The Morgan fingerprint density at radius 1 is 0.741 bits per heavy atom. The minimum atomic E-state index is 0.229. The van der Waals surface area contributed by atoms with Gasteiger partial charge >= 0.3 is 0 Å². The Labute approximate surface area is 182 Å². The van der Waals surface area contributed by atoms with Gasteiger partial charge in [-0.2, -0.15) is 0 Å². The van der Waals surface area contributed by atoms with Crippen molar-refractivity contribution in [2.45, 2.75) is 13.2 Å².